The van der Waals surface area contributed by atoms with Gasteiger partial charge in [-0.05, 0) is 25.2 Å². The highest BCUT2D eigenvalue weighted by molar-refractivity contribution is 8.14. The lowest BCUT2D eigenvalue weighted by atomic mass is 9.68. The van der Waals surface area contributed by atoms with E-state index in [1.54, 1.807) is 0 Å². The van der Waals surface area contributed by atoms with Crippen LogP contribution in [0, 0.1) is 5.41 Å². The summed E-state index contributed by atoms with van der Waals surface area (Å²) in [6.45, 7) is 9.12. The van der Waals surface area contributed by atoms with Gasteiger partial charge in [-0.15, -0.1) is 0 Å². The van der Waals surface area contributed by atoms with Crippen LogP contribution in [0.15, 0.2) is 4.99 Å². The first-order valence-electron chi connectivity index (χ1n) is 5.50. The third kappa shape index (κ3) is 1.79. The van der Waals surface area contributed by atoms with E-state index in [1.807, 2.05) is 11.8 Å². The Hall–Kier alpha value is -0.180. The van der Waals surface area contributed by atoms with Crippen molar-refractivity contribution in [3.63, 3.8) is 0 Å². The number of nitrogens with zero attached hydrogens (tertiary/aromatic N) is 1. The van der Waals surface area contributed by atoms with Crippen LogP contribution in [0.4, 0.5) is 0 Å². The van der Waals surface area contributed by atoms with Gasteiger partial charge >= 0.3 is 0 Å². The van der Waals surface area contributed by atoms with E-state index >= 15 is 0 Å². The molecule has 2 fully saturated rings. The summed E-state index contributed by atoms with van der Waals surface area (Å²) < 4.78 is 0. The Kier molecular flexibility index (Phi) is 2.54. The van der Waals surface area contributed by atoms with Crippen LogP contribution >= 0.6 is 11.8 Å². The number of aliphatic imine (C=N–C) groups is 1. The molecular weight excluding hydrogens is 192 g/mol. The SMILES string of the molecule is CC1NC(=NC2CCC2(C)C)SC1C. The summed E-state index contributed by atoms with van der Waals surface area (Å²) in [6, 6.07) is 1.12. The number of hydrogen-bond acceptors (Lipinski definition) is 2. The molecule has 3 atom stereocenters. The van der Waals surface area contributed by atoms with Crippen molar-refractivity contribution in [3.05, 3.63) is 0 Å². The topological polar surface area (TPSA) is 24.4 Å². The second kappa shape index (κ2) is 3.44. The minimum atomic E-state index is 0.435. The molecule has 1 aliphatic heterocycles. The average Bonchev–Trinajstić information content (AvgIpc) is 2.41. The number of nitrogens with one attached hydrogen (secondary N) is 1. The molecule has 1 aliphatic carbocycles. The Balaban J connectivity index is 1.99. The van der Waals surface area contributed by atoms with Gasteiger partial charge in [-0.2, -0.15) is 0 Å². The molecule has 0 aromatic carbocycles. The highest BCUT2D eigenvalue weighted by Gasteiger charge is 2.39. The molecule has 2 aliphatic rings. The van der Waals surface area contributed by atoms with Crippen LogP contribution in [-0.4, -0.2) is 22.5 Å². The molecule has 0 amide bonds. The molecule has 0 bridgehead atoms. The van der Waals surface area contributed by atoms with Gasteiger partial charge in [0.25, 0.3) is 0 Å². The summed E-state index contributed by atoms with van der Waals surface area (Å²) in [4.78, 5) is 4.80. The van der Waals surface area contributed by atoms with Gasteiger partial charge in [0.05, 0.1) is 6.04 Å². The van der Waals surface area contributed by atoms with Crippen molar-refractivity contribution in [1.82, 2.24) is 5.32 Å². The van der Waals surface area contributed by atoms with E-state index in [-0.39, 0.29) is 0 Å². The highest BCUT2D eigenvalue weighted by Crippen LogP contribution is 2.43. The molecule has 2 nitrogen and oxygen atoms in total. The lowest BCUT2D eigenvalue weighted by Gasteiger charge is -2.41. The molecule has 1 N–H and O–H groups in total. The zero-order valence-electron chi connectivity index (χ0n) is 9.50. The van der Waals surface area contributed by atoms with Crippen molar-refractivity contribution < 1.29 is 0 Å². The maximum Gasteiger partial charge on any atom is 0.157 e. The quantitative estimate of drug-likeness (QED) is 0.722. The maximum absolute atomic E-state index is 4.80. The molecule has 0 aromatic heterocycles. The van der Waals surface area contributed by atoms with Gasteiger partial charge in [0, 0.05) is 11.3 Å². The first-order valence-corrected chi connectivity index (χ1v) is 6.38. The van der Waals surface area contributed by atoms with Gasteiger partial charge in [0.15, 0.2) is 5.17 Å². The maximum atomic E-state index is 4.80. The van der Waals surface area contributed by atoms with Gasteiger partial charge in [0.2, 0.25) is 0 Å². The monoisotopic (exact) mass is 212 g/mol. The van der Waals surface area contributed by atoms with E-state index in [1.165, 1.54) is 18.0 Å². The second-order valence-electron chi connectivity index (χ2n) is 5.23. The predicted molar refractivity (Wildman–Crippen MR) is 63.9 cm³/mol. The zero-order valence-corrected chi connectivity index (χ0v) is 10.3. The predicted octanol–water partition coefficient (Wildman–Crippen LogP) is 2.64. The first kappa shape index (κ1) is 10.3. The molecule has 2 rings (SSSR count). The van der Waals surface area contributed by atoms with Crippen LogP contribution in [0.3, 0.4) is 0 Å². The van der Waals surface area contributed by atoms with E-state index in [9.17, 15) is 0 Å². The fraction of sp³-hybridized carbons (Fsp3) is 0.909. The summed E-state index contributed by atoms with van der Waals surface area (Å²) >= 11 is 1.89. The standard InChI is InChI=1S/C11H20N2S/c1-7-8(2)14-10(12-7)13-9-5-6-11(9,3)4/h7-9H,5-6H2,1-4H3,(H,12,13). The van der Waals surface area contributed by atoms with E-state index in [2.05, 4.69) is 33.0 Å². The molecule has 1 saturated carbocycles. The minimum absolute atomic E-state index is 0.435. The van der Waals surface area contributed by atoms with Crippen LogP contribution in [0.1, 0.15) is 40.5 Å². The zero-order chi connectivity index (χ0) is 10.3. The number of amidine groups is 1. The van der Waals surface area contributed by atoms with Crippen LogP contribution in [-0.2, 0) is 0 Å². The number of thioether (sulfide) groups is 1. The van der Waals surface area contributed by atoms with Gasteiger partial charge < -0.3 is 5.32 Å². The van der Waals surface area contributed by atoms with Crippen LogP contribution in [0.2, 0.25) is 0 Å². The molecule has 3 unspecified atom stereocenters. The summed E-state index contributed by atoms with van der Waals surface area (Å²) in [5.74, 6) is 0. The van der Waals surface area contributed by atoms with Crippen molar-refractivity contribution in [2.45, 2.75) is 57.9 Å². The minimum Gasteiger partial charge on any atom is -0.361 e. The van der Waals surface area contributed by atoms with Gasteiger partial charge in [-0.3, -0.25) is 4.99 Å². The molecule has 14 heavy (non-hydrogen) atoms. The lowest BCUT2D eigenvalue weighted by molar-refractivity contribution is 0.145. The smallest absolute Gasteiger partial charge is 0.157 e. The average molecular weight is 212 g/mol. The van der Waals surface area contributed by atoms with Crippen molar-refractivity contribution in [2.24, 2.45) is 10.4 Å². The Bertz CT molecular complexity index is 248. The molecule has 1 saturated heterocycles. The molecule has 0 aromatic rings. The third-order valence-corrected chi connectivity index (χ3v) is 4.82. The normalized spacial score (nSPS) is 43.4. The largest absolute Gasteiger partial charge is 0.361 e. The summed E-state index contributed by atoms with van der Waals surface area (Å²) in [5, 5.41) is 5.29. The first-order chi connectivity index (χ1) is 6.49. The molecule has 3 heteroatoms. The molecule has 80 valence electrons. The highest BCUT2D eigenvalue weighted by atomic mass is 32.2. The summed E-state index contributed by atoms with van der Waals surface area (Å²) in [5.41, 5.74) is 0.435. The number of hydrogen-bond donors (Lipinski definition) is 1. The summed E-state index contributed by atoms with van der Waals surface area (Å²) in [7, 11) is 0. The van der Waals surface area contributed by atoms with Crippen molar-refractivity contribution in [3.8, 4) is 0 Å². The Labute approximate surface area is 90.9 Å². The Morgan fingerprint density at radius 1 is 1.43 bits per heavy atom. The second-order valence-corrected chi connectivity index (χ2v) is 6.60. The fourth-order valence-electron chi connectivity index (χ4n) is 1.92. The number of rotatable bonds is 1. The molecule has 0 spiro atoms. The van der Waals surface area contributed by atoms with Crippen LogP contribution in [0.5, 0.6) is 0 Å². The lowest BCUT2D eigenvalue weighted by Crippen LogP contribution is -2.39. The van der Waals surface area contributed by atoms with E-state index in [0.717, 1.165) is 0 Å². The van der Waals surface area contributed by atoms with Gasteiger partial charge in [-0.1, -0.05) is 32.5 Å². The van der Waals surface area contributed by atoms with Crippen LogP contribution < -0.4 is 5.32 Å². The van der Waals surface area contributed by atoms with Gasteiger partial charge in [-0.25, -0.2) is 0 Å². The fourth-order valence-corrected chi connectivity index (χ4v) is 2.99. The molecule has 0 radical (unpaired) electrons. The van der Waals surface area contributed by atoms with Crippen molar-refractivity contribution in [2.75, 3.05) is 0 Å². The molecular formula is C11H20N2S. The van der Waals surface area contributed by atoms with Crippen LogP contribution in [0.25, 0.3) is 0 Å². The van der Waals surface area contributed by atoms with Crippen molar-refractivity contribution in [1.29, 1.82) is 0 Å². The Morgan fingerprint density at radius 2 is 2.14 bits per heavy atom. The van der Waals surface area contributed by atoms with E-state index in [4.69, 9.17) is 4.99 Å². The van der Waals surface area contributed by atoms with E-state index in [0.29, 0.717) is 22.7 Å². The van der Waals surface area contributed by atoms with Gasteiger partial charge in [0.1, 0.15) is 0 Å². The van der Waals surface area contributed by atoms with E-state index < -0.39 is 0 Å². The van der Waals surface area contributed by atoms with Crippen molar-refractivity contribution >= 4 is 16.9 Å². The molecule has 1 heterocycles. The Morgan fingerprint density at radius 3 is 2.50 bits per heavy atom. The summed E-state index contributed by atoms with van der Waals surface area (Å²) in [6.07, 6.45) is 2.59. The third-order valence-electron chi connectivity index (χ3n) is 3.59.